The average molecular weight is 678 g/mol. The Kier molecular flexibility index (Phi) is 10.1. The Morgan fingerprint density at radius 1 is 0.958 bits per heavy atom. The summed E-state index contributed by atoms with van der Waals surface area (Å²) in [5, 5.41) is 6.06. The minimum atomic E-state index is -0.540. The fourth-order valence-electron chi connectivity index (χ4n) is 7.67. The summed E-state index contributed by atoms with van der Waals surface area (Å²) in [6, 6.07) is 8.52. The molecule has 4 heterocycles. The molecule has 1 unspecified atom stereocenters. The van der Waals surface area contributed by atoms with Crippen LogP contribution in [0.15, 0.2) is 41.3 Å². The zero-order valence-corrected chi connectivity index (χ0v) is 29.0. The van der Waals surface area contributed by atoms with Crippen LogP contribution < -0.4 is 25.8 Å². The van der Waals surface area contributed by atoms with Crippen LogP contribution in [0.2, 0.25) is 5.02 Å². The second kappa shape index (κ2) is 14.3. The third kappa shape index (κ3) is 7.10. The molecule has 2 aromatic carbocycles. The topological polar surface area (TPSA) is 95.9 Å². The number of aryl methyl sites for hydroxylation is 1. The highest BCUT2D eigenvalue weighted by Crippen LogP contribution is 2.38. The van der Waals surface area contributed by atoms with Crippen molar-refractivity contribution in [2.24, 2.45) is 18.9 Å². The number of piperidine rings is 3. The van der Waals surface area contributed by atoms with Crippen molar-refractivity contribution in [2.75, 3.05) is 43.5 Å². The molecule has 48 heavy (non-hydrogen) atoms. The molecule has 0 bridgehead atoms. The van der Waals surface area contributed by atoms with Crippen molar-refractivity contribution in [1.82, 2.24) is 14.8 Å². The molecule has 3 aliphatic heterocycles. The van der Waals surface area contributed by atoms with E-state index in [2.05, 4.69) is 20.4 Å². The average Bonchev–Trinajstić information content (AvgIpc) is 3.08. The number of nitrogens with one attached hydrogen (secondary N) is 2. The number of anilines is 2. The fourth-order valence-corrected chi connectivity index (χ4v) is 7.94. The third-order valence-electron chi connectivity index (χ3n) is 10.7. The molecule has 1 aromatic heterocycles. The van der Waals surface area contributed by atoms with Gasteiger partial charge in [0.2, 0.25) is 11.8 Å². The Balaban J connectivity index is 1.02. The minimum Gasteiger partial charge on any atom is -0.496 e. The van der Waals surface area contributed by atoms with Gasteiger partial charge in [0.05, 0.1) is 12.8 Å². The molecule has 11 heteroatoms. The molecular formula is C37H45ClFN5O4. The standard InChI is InChI=1S/C37H45ClFN5O4/c1-22-23(2)37(47)42(3)20-28(22)26-17-30(38)29(34(18-26)48-4)21-43-13-9-24(10-14-43)25-11-15-44(16-12-25)33-7-5-27(19-31(33)39)40-32-6-8-35(45)41-36(32)46/h5,7,17-20,24-25,32,40H,6,8-16,21H2,1-4H3,(H,41,45,46). The molecule has 3 aromatic rings. The highest BCUT2D eigenvalue weighted by molar-refractivity contribution is 6.32. The summed E-state index contributed by atoms with van der Waals surface area (Å²) >= 11 is 6.90. The van der Waals surface area contributed by atoms with Gasteiger partial charge in [0.15, 0.2) is 0 Å². The number of ether oxygens (including phenoxy) is 1. The normalized spacial score (nSPS) is 19.8. The van der Waals surface area contributed by atoms with Gasteiger partial charge < -0.3 is 19.5 Å². The first kappa shape index (κ1) is 34.0. The third-order valence-corrected chi connectivity index (χ3v) is 11.0. The van der Waals surface area contributed by atoms with Crippen LogP contribution in [0.4, 0.5) is 15.8 Å². The van der Waals surface area contributed by atoms with Gasteiger partial charge in [0.25, 0.3) is 5.56 Å². The fraction of sp³-hybridized carbons (Fsp3) is 0.486. The van der Waals surface area contributed by atoms with E-state index in [0.29, 0.717) is 41.2 Å². The van der Waals surface area contributed by atoms with E-state index in [0.717, 1.165) is 85.4 Å². The number of carbonyl (C=O) groups is 2. The van der Waals surface area contributed by atoms with Crippen LogP contribution in [0.1, 0.15) is 55.2 Å². The van der Waals surface area contributed by atoms with Crippen molar-refractivity contribution in [3.8, 4) is 16.9 Å². The summed E-state index contributed by atoms with van der Waals surface area (Å²) in [7, 11) is 3.44. The van der Waals surface area contributed by atoms with Gasteiger partial charge >= 0.3 is 0 Å². The van der Waals surface area contributed by atoms with Crippen molar-refractivity contribution in [1.29, 1.82) is 0 Å². The van der Waals surface area contributed by atoms with Gasteiger partial charge in [0, 0.05) is 66.7 Å². The molecule has 3 aliphatic rings. The quantitative estimate of drug-likeness (QED) is 0.291. The second-order valence-electron chi connectivity index (χ2n) is 13.6. The molecule has 0 saturated carbocycles. The highest BCUT2D eigenvalue weighted by atomic mass is 35.5. The molecule has 9 nitrogen and oxygen atoms in total. The van der Waals surface area contributed by atoms with Crippen LogP contribution >= 0.6 is 11.6 Å². The second-order valence-corrected chi connectivity index (χ2v) is 14.0. The van der Waals surface area contributed by atoms with E-state index in [9.17, 15) is 14.4 Å². The maximum Gasteiger partial charge on any atom is 0.253 e. The summed E-state index contributed by atoms with van der Waals surface area (Å²) in [6.45, 7) is 8.14. The molecule has 2 amide bonds. The van der Waals surface area contributed by atoms with Crippen LogP contribution in [0.25, 0.3) is 11.1 Å². The van der Waals surface area contributed by atoms with Gasteiger partial charge in [-0.3, -0.25) is 24.6 Å². The van der Waals surface area contributed by atoms with E-state index in [1.54, 1.807) is 24.8 Å². The number of aromatic nitrogens is 1. The number of rotatable bonds is 8. The number of imide groups is 1. The number of methoxy groups -OCH3 is 1. The van der Waals surface area contributed by atoms with E-state index in [1.807, 2.05) is 38.2 Å². The van der Waals surface area contributed by atoms with Crippen molar-refractivity contribution < 1.29 is 18.7 Å². The molecule has 2 N–H and O–H groups in total. The first-order chi connectivity index (χ1) is 23.0. The Morgan fingerprint density at radius 2 is 1.65 bits per heavy atom. The zero-order valence-electron chi connectivity index (χ0n) is 28.2. The molecule has 3 saturated heterocycles. The van der Waals surface area contributed by atoms with Crippen LogP contribution in [0.5, 0.6) is 5.75 Å². The lowest BCUT2D eigenvalue weighted by molar-refractivity contribution is -0.133. The maximum absolute atomic E-state index is 15.2. The van der Waals surface area contributed by atoms with Gasteiger partial charge in [-0.05, 0) is 112 Å². The van der Waals surface area contributed by atoms with Crippen LogP contribution in [0, 0.1) is 31.5 Å². The molecule has 256 valence electrons. The number of carbonyl (C=O) groups excluding carboxylic acids is 2. The monoisotopic (exact) mass is 677 g/mol. The van der Waals surface area contributed by atoms with Crippen molar-refractivity contribution in [3.05, 3.63) is 74.4 Å². The molecule has 3 fully saturated rings. The van der Waals surface area contributed by atoms with Gasteiger partial charge in [0.1, 0.15) is 17.6 Å². The van der Waals surface area contributed by atoms with Gasteiger partial charge in [-0.1, -0.05) is 11.6 Å². The number of amides is 2. The lowest BCUT2D eigenvalue weighted by atomic mass is 9.78. The van der Waals surface area contributed by atoms with Crippen LogP contribution in [-0.2, 0) is 23.2 Å². The lowest BCUT2D eigenvalue weighted by Crippen LogP contribution is -2.47. The maximum atomic E-state index is 15.2. The Morgan fingerprint density at radius 3 is 2.29 bits per heavy atom. The van der Waals surface area contributed by atoms with E-state index < -0.39 is 6.04 Å². The minimum absolute atomic E-state index is 0.00154. The number of pyridine rings is 1. The van der Waals surface area contributed by atoms with Crippen LogP contribution in [0.3, 0.4) is 0 Å². The van der Waals surface area contributed by atoms with Gasteiger partial charge in [-0.2, -0.15) is 0 Å². The summed E-state index contributed by atoms with van der Waals surface area (Å²) < 4.78 is 22.6. The van der Waals surface area contributed by atoms with Crippen LogP contribution in [-0.4, -0.2) is 60.6 Å². The summed E-state index contributed by atoms with van der Waals surface area (Å²) in [5.74, 6) is 1.07. The largest absolute Gasteiger partial charge is 0.496 e. The number of likely N-dealkylation sites (tertiary alicyclic amines) is 1. The highest BCUT2D eigenvalue weighted by Gasteiger charge is 2.31. The Bertz CT molecular complexity index is 1760. The Hall–Kier alpha value is -3.89. The number of benzene rings is 2. The lowest BCUT2D eigenvalue weighted by Gasteiger charge is -2.41. The molecule has 6 rings (SSSR count). The van der Waals surface area contributed by atoms with Gasteiger partial charge in [-0.15, -0.1) is 0 Å². The van der Waals surface area contributed by atoms with E-state index in [1.165, 1.54) is 6.07 Å². The Labute approximate surface area is 286 Å². The van der Waals surface area contributed by atoms with E-state index in [-0.39, 0.29) is 29.6 Å². The number of nitrogens with zero attached hydrogens (tertiary/aromatic N) is 3. The first-order valence-electron chi connectivity index (χ1n) is 16.9. The molecule has 0 radical (unpaired) electrons. The summed E-state index contributed by atoms with van der Waals surface area (Å²) in [5.41, 5.74) is 5.68. The van der Waals surface area contributed by atoms with E-state index in [4.69, 9.17) is 16.3 Å². The van der Waals surface area contributed by atoms with Crippen molar-refractivity contribution in [2.45, 2.75) is 65.0 Å². The summed E-state index contributed by atoms with van der Waals surface area (Å²) in [6.07, 6.45) is 6.84. The summed E-state index contributed by atoms with van der Waals surface area (Å²) in [4.78, 5) is 40.5. The predicted molar refractivity (Wildman–Crippen MR) is 187 cm³/mol. The SMILES string of the molecule is COc1cc(-c2cn(C)c(=O)c(C)c2C)cc(Cl)c1CN1CCC(C2CCN(c3ccc(NC4CCC(=O)NC4=O)cc3F)CC2)CC1. The molecular weight excluding hydrogens is 633 g/mol. The first-order valence-corrected chi connectivity index (χ1v) is 17.3. The van der Waals surface area contributed by atoms with E-state index >= 15 is 4.39 Å². The van der Waals surface area contributed by atoms with Crippen molar-refractivity contribution >= 4 is 34.8 Å². The smallest absolute Gasteiger partial charge is 0.253 e. The number of hydrogen-bond acceptors (Lipinski definition) is 7. The molecule has 0 spiro atoms. The number of hydrogen-bond donors (Lipinski definition) is 2. The zero-order chi connectivity index (χ0) is 34.1. The predicted octanol–water partition coefficient (Wildman–Crippen LogP) is 5.82. The molecule has 1 atom stereocenters. The van der Waals surface area contributed by atoms with Crippen molar-refractivity contribution in [3.63, 3.8) is 0 Å². The molecule has 0 aliphatic carbocycles. The van der Waals surface area contributed by atoms with Gasteiger partial charge in [-0.25, -0.2) is 4.39 Å². The number of halogens is 2.